The Bertz CT molecular complexity index is 470. The molecule has 1 heterocycles. The summed E-state index contributed by atoms with van der Waals surface area (Å²) in [6.45, 7) is 11.2. The number of nitrogens with zero attached hydrogens (tertiary/aromatic N) is 1. The number of halogens is 1. The van der Waals surface area contributed by atoms with Crippen molar-refractivity contribution in [1.29, 1.82) is 0 Å². The van der Waals surface area contributed by atoms with Gasteiger partial charge in [-0.05, 0) is 39.3 Å². The van der Waals surface area contributed by atoms with Crippen LogP contribution in [0.3, 0.4) is 0 Å². The van der Waals surface area contributed by atoms with E-state index in [-0.39, 0.29) is 11.4 Å². The maximum atomic E-state index is 14.3. The van der Waals surface area contributed by atoms with Crippen molar-refractivity contribution < 1.29 is 4.39 Å². The molecule has 1 N–H and O–H groups in total. The zero-order valence-corrected chi connectivity index (χ0v) is 14.4. The molecule has 1 saturated heterocycles. The van der Waals surface area contributed by atoms with Crippen LogP contribution in [0.15, 0.2) is 18.2 Å². The van der Waals surface area contributed by atoms with Gasteiger partial charge in [0.15, 0.2) is 0 Å². The Kier molecular flexibility index (Phi) is 5.55. The van der Waals surface area contributed by atoms with Crippen LogP contribution in [0.25, 0.3) is 0 Å². The first-order valence-electron chi connectivity index (χ1n) is 7.79. The van der Waals surface area contributed by atoms with E-state index in [1.165, 1.54) is 6.42 Å². The van der Waals surface area contributed by atoms with Gasteiger partial charge in [-0.1, -0.05) is 13.0 Å². The molecule has 0 bridgehead atoms. The molecule has 1 aromatic rings. The summed E-state index contributed by atoms with van der Waals surface area (Å²) >= 11 is 2.04. The lowest BCUT2D eigenvalue weighted by molar-refractivity contribution is 0.418. The third kappa shape index (κ3) is 4.62. The second-order valence-electron chi connectivity index (χ2n) is 6.69. The Hall–Kier alpha value is -0.740. The van der Waals surface area contributed by atoms with Gasteiger partial charge >= 0.3 is 0 Å². The lowest BCUT2D eigenvalue weighted by atomic mass is 10.1. The molecule has 0 aromatic heterocycles. The molecule has 1 unspecified atom stereocenters. The van der Waals surface area contributed by atoms with E-state index in [9.17, 15) is 4.39 Å². The molecule has 0 saturated carbocycles. The van der Waals surface area contributed by atoms with E-state index in [1.807, 2.05) is 17.8 Å². The van der Waals surface area contributed by atoms with Crippen LogP contribution >= 0.6 is 11.8 Å². The van der Waals surface area contributed by atoms with Crippen molar-refractivity contribution in [1.82, 2.24) is 5.32 Å². The van der Waals surface area contributed by atoms with Gasteiger partial charge in [0.25, 0.3) is 0 Å². The zero-order chi connectivity index (χ0) is 15.5. The van der Waals surface area contributed by atoms with Gasteiger partial charge in [-0.3, -0.25) is 0 Å². The lowest BCUT2D eigenvalue weighted by Crippen LogP contribution is -2.40. The zero-order valence-electron chi connectivity index (χ0n) is 13.6. The highest BCUT2D eigenvalue weighted by atomic mass is 32.2. The average Bonchev–Trinajstić information content (AvgIpc) is 2.45. The van der Waals surface area contributed by atoms with Gasteiger partial charge in [-0.15, -0.1) is 0 Å². The minimum atomic E-state index is -0.101. The highest BCUT2D eigenvalue weighted by Gasteiger charge is 2.22. The van der Waals surface area contributed by atoms with Gasteiger partial charge < -0.3 is 10.2 Å². The predicted octanol–water partition coefficient (Wildman–Crippen LogP) is 4.05. The van der Waals surface area contributed by atoms with Crippen molar-refractivity contribution in [2.75, 3.05) is 23.7 Å². The molecule has 4 heteroatoms. The number of thioether (sulfide) groups is 1. The van der Waals surface area contributed by atoms with Gasteiger partial charge in [-0.2, -0.15) is 11.8 Å². The maximum Gasteiger partial charge on any atom is 0.129 e. The number of benzene rings is 1. The minimum absolute atomic E-state index is 0.0107. The molecule has 21 heavy (non-hydrogen) atoms. The summed E-state index contributed by atoms with van der Waals surface area (Å²) in [5, 5.41) is 4.07. The molecule has 0 radical (unpaired) electrons. The number of rotatable bonds is 4. The molecule has 0 amide bonds. The summed E-state index contributed by atoms with van der Waals surface area (Å²) in [6, 6.07) is 5.46. The predicted molar refractivity (Wildman–Crippen MR) is 91.7 cm³/mol. The van der Waals surface area contributed by atoms with E-state index in [4.69, 9.17) is 0 Å². The van der Waals surface area contributed by atoms with Crippen molar-refractivity contribution in [3.63, 3.8) is 0 Å². The Morgan fingerprint density at radius 2 is 2.14 bits per heavy atom. The van der Waals surface area contributed by atoms with Crippen LogP contribution in [0.1, 0.15) is 39.7 Å². The highest BCUT2D eigenvalue weighted by Crippen LogP contribution is 2.29. The van der Waals surface area contributed by atoms with E-state index >= 15 is 0 Å². The van der Waals surface area contributed by atoms with Crippen LogP contribution in [-0.4, -0.2) is 29.6 Å². The summed E-state index contributed by atoms with van der Waals surface area (Å²) in [6.07, 6.45) is 1.17. The standard InChI is InChI=1S/C17H27FN2S/c1-5-13-12-20(9-10-21-13)16-8-6-7-15(18)14(16)11-19-17(2,3)4/h6-8,13,19H,5,9-12H2,1-4H3. The molecule has 1 aliphatic heterocycles. The van der Waals surface area contributed by atoms with Crippen molar-refractivity contribution >= 4 is 17.4 Å². The van der Waals surface area contributed by atoms with Gasteiger partial charge in [0.2, 0.25) is 0 Å². The van der Waals surface area contributed by atoms with Gasteiger partial charge in [0, 0.05) is 47.4 Å². The second kappa shape index (κ2) is 7.01. The summed E-state index contributed by atoms with van der Waals surface area (Å²) in [4.78, 5) is 2.35. The summed E-state index contributed by atoms with van der Waals surface area (Å²) in [5.74, 6) is 1.02. The topological polar surface area (TPSA) is 15.3 Å². The van der Waals surface area contributed by atoms with E-state index < -0.39 is 0 Å². The van der Waals surface area contributed by atoms with E-state index in [2.05, 4.69) is 44.0 Å². The highest BCUT2D eigenvalue weighted by molar-refractivity contribution is 8.00. The van der Waals surface area contributed by atoms with Gasteiger partial charge in [0.1, 0.15) is 5.82 Å². The van der Waals surface area contributed by atoms with E-state index in [1.54, 1.807) is 6.07 Å². The quantitative estimate of drug-likeness (QED) is 0.903. The first-order chi connectivity index (χ1) is 9.90. The van der Waals surface area contributed by atoms with E-state index in [0.29, 0.717) is 11.8 Å². The molecule has 2 rings (SSSR count). The van der Waals surface area contributed by atoms with E-state index in [0.717, 1.165) is 30.1 Å². The van der Waals surface area contributed by atoms with Crippen LogP contribution in [0, 0.1) is 5.82 Å². The molecule has 118 valence electrons. The van der Waals surface area contributed by atoms with Crippen LogP contribution in [0.4, 0.5) is 10.1 Å². The fraction of sp³-hybridized carbons (Fsp3) is 0.647. The van der Waals surface area contributed by atoms with Crippen LogP contribution in [-0.2, 0) is 6.54 Å². The summed E-state index contributed by atoms with van der Waals surface area (Å²) in [7, 11) is 0. The first-order valence-corrected chi connectivity index (χ1v) is 8.84. The van der Waals surface area contributed by atoms with Crippen molar-refractivity contribution in [2.45, 2.75) is 51.4 Å². The molecule has 0 aliphatic carbocycles. The molecule has 1 aromatic carbocycles. The SMILES string of the molecule is CCC1CN(c2cccc(F)c2CNC(C)(C)C)CCS1. The Balaban J connectivity index is 2.20. The number of hydrogen-bond donors (Lipinski definition) is 1. The van der Waals surface area contributed by atoms with Crippen molar-refractivity contribution in [3.05, 3.63) is 29.6 Å². The smallest absolute Gasteiger partial charge is 0.129 e. The molecular weight excluding hydrogens is 283 g/mol. The van der Waals surface area contributed by atoms with Crippen molar-refractivity contribution in [3.8, 4) is 0 Å². The number of hydrogen-bond acceptors (Lipinski definition) is 3. The number of anilines is 1. The third-order valence-corrected chi connectivity index (χ3v) is 5.20. The van der Waals surface area contributed by atoms with Crippen LogP contribution in [0.2, 0.25) is 0 Å². The minimum Gasteiger partial charge on any atom is -0.369 e. The third-order valence-electron chi connectivity index (χ3n) is 3.82. The molecule has 1 aliphatic rings. The summed E-state index contributed by atoms with van der Waals surface area (Å²) < 4.78 is 14.3. The first kappa shape index (κ1) is 16.6. The molecule has 2 nitrogen and oxygen atoms in total. The fourth-order valence-electron chi connectivity index (χ4n) is 2.56. The monoisotopic (exact) mass is 310 g/mol. The fourth-order valence-corrected chi connectivity index (χ4v) is 3.74. The molecular formula is C17H27FN2S. The Morgan fingerprint density at radius 1 is 1.38 bits per heavy atom. The van der Waals surface area contributed by atoms with Gasteiger partial charge in [-0.25, -0.2) is 4.39 Å². The Labute approximate surface area is 132 Å². The number of nitrogens with one attached hydrogen (secondary N) is 1. The average molecular weight is 310 g/mol. The van der Waals surface area contributed by atoms with Crippen LogP contribution < -0.4 is 10.2 Å². The molecule has 1 fully saturated rings. The van der Waals surface area contributed by atoms with Crippen molar-refractivity contribution in [2.24, 2.45) is 0 Å². The van der Waals surface area contributed by atoms with Crippen LogP contribution in [0.5, 0.6) is 0 Å². The second-order valence-corrected chi connectivity index (χ2v) is 8.10. The maximum absolute atomic E-state index is 14.3. The summed E-state index contributed by atoms with van der Waals surface area (Å²) in [5.41, 5.74) is 1.85. The largest absolute Gasteiger partial charge is 0.369 e. The van der Waals surface area contributed by atoms with Gasteiger partial charge in [0.05, 0.1) is 0 Å². The normalized spacial score (nSPS) is 19.9. The lowest BCUT2D eigenvalue weighted by Gasteiger charge is -2.35. The Morgan fingerprint density at radius 3 is 2.81 bits per heavy atom. The molecule has 0 spiro atoms. The molecule has 1 atom stereocenters.